The zero-order valence-electron chi connectivity index (χ0n) is 17.8. The molecule has 0 radical (unpaired) electrons. The minimum Gasteiger partial charge on any atom is -0.383 e. The summed E-state index contributed by atoms with van der Waals surface area (Å²) >= 11 is 0. The number of nitrogens with one attached hydrogen (secondary N) is 2. The Bertz CT molecular complexity index is 590. The van der Waals surface area contributed by atoms with E-state index in [1.54, 1.807) is 7.11 Å². The lowest BCUT2D eigenvalue weighted by atomic mass is 10.1. The van der Waals surface area contributed by atoms with E-state index >= 15 is 0 Å². The Morgan fingerprint density at radius 3 is 2.59 bits per heavy atom. The van der Waals surface area contributed by atoms with E-state index in [4.69, 9.17) is 9.73 Å². The molecule has 0 saturated carbocycles. The zero-order chi connectivity index (χ0) is 19.6. The van der Waals surface area contributed by atoms with E-state index in [1.165, 1.54) is 50.2 Å². The second-order valence-corrected chi connectivity index (χ2v) is 7.32. The summed E-state index contributed by atoms with van der Waals surface area (Å²) in [6, 6.07) is 0.502. The Morgan fingerprint density at radius 1 is 1.22 bits per heavy atom. The highest BCUT2D eigenvalue weighted by atomic mass is 16.5. The van der Waals surface area contributed by atoms with Gasteiger partial charge in [-0.1, -0.05) is 6.92 Å². The Balaban J connectivity index is 1.96. The van der Waals surface area contributed by atoms with E-state index in [0.29, 0.717) is 19.2 Å². The summed E-state index contributed by atoms with van der Waals surface area (Å²) in [4.78, 5) is 7.40. The van der Waals surface area contributed by atoms with Gasteiger partial charge in [0.05, 0.1) is 25.4 Å². The molecule has 7 heteroatoms. The number of methoxy groups -OCH3 is 1. The average molecular weight is 379 g/mol. The van der Waals surface area contributed by atoms with Crippen molar-refractivity contribution in [3.05, 3.63) is 17.0 Å². The molecule has 0 aliphatic carbocycles. The molecule has 0 spiro atoms. The third-order valence-corrected chi connectivity index (χ3v) is 5.25. The maximum absolute atomic E-state index is 5.18. The monoisotopic (exact) mass is 378 g/mol. The molecule has 7 nitrogen and oxygen atoms in total. The van der Waals surface area contributed by atoms with Gasteiger partial charge in [-0.2, -0.15) is 5.10 Å². The lowest BCUT2D eigenvalue weighted by molar-refractivity contribution is 0.182. The Labute approximate surface area is 164 Å². The Kier molecular flexibility index (Phi) is 9.07. The fourth-order valence-corrected chi connectivity index (χ4v) is 3.65. The normalized spacial score (nSPS) is 16.7. The highest BCUT2D eigenvalue weighted by Gasteiger charge is 2.19. The predicted molar refractivity (Wildman–Crippen MR) is 111 cm³/mol. The van der Waals surface area contributed by atoms with Crippen molar-refractivity contribution < 1.29 is 4.74 Å². The fourth-order valence-electron chi connectivity index (χ4n) is 3.65. The number of rotatable bonds is 9. The van der Waals surface area contributed by atoms with Gasteiger partial charge in [0.1, 0.15) is 0 Å². The molecular formula is C20H38N6O. The summed E-state index contributed by atoms with van der Waals surface area (Å²) in [5, 5.41) is 11.7. The maximum Gasteiger partial charge on any atom is 0.191 e. The third-order valence-electron chi connectivity index (χ3n) is 5.25. The van der Waals surface area contributed by atoms with Crippen LogP contribution in [0, 0.1) is 13.8 Å². The largest absolute Gasteiger partial charge is 0.383 e. The molecule has 2 heterocycles. The number of piperidine rings is 1. The molecule has 1 aliphatic rings. The van der Waals surface area contributed by atoms with E-state index < -0.39 is 0 Å². The fraction of sp³-hybridized carbons (Fsp3) is 0.800. The number of hydrogen-bond acceptors (Lipinski definition) is 4. The molecular weight excluding hydrogens is 340 g/mol. The highest BCUT2D eigenvalue weighted by Crippen LogP contribution is 2.15. The van der Waals surface area contributed by atoms with Crippen LogP contribution in [0.15, 0.2) is 4.99 Å². The first-order chi connectivity index (χ1) is 13.1. The van der Waals surface area contributed by atoms with Crippen LogP contribution >= 0.6 is 0 Å². The molecule has 2 N–H and O–H groups in total. The van der Waals surface area contributed by atoms with Crippen LogP contribution in [0.1, 0.15) is 50.1 Å². The van der Waals surface area contributed by atoms with Gasteiger partial charge in [0.15, 0.2) is 5.96 Å². The number of aromatic nitrogens is 2. The molecule has 1 aromatic rings. The van der Waals surface area contributed by atoms with Crippen LogP contribution in [0.5, 0.6) is 0 Å². The molecule has 27 heavy (non-hydrogen) atoms. The van der Waals surface area contributed by atoms with E-state index in [-0.39, 0.29) is 0 Å². The molecule has 1 fully saturated rings. The van der Waals surface area contributed by atoms with Crippen molar-refractivity contribution >= 4 is 5.96 Å². The van der Waals surface area contributed by atoms with Crippen LogP contribution in [-0.2, 0) is 17.8 Å². The van der Waals surface area contributed by atoms with Gasteiger partial charge in [0, 0.05) is 44.0 Å². The third kappa shape index (κ3) is 6.50. The molecule has 0 unspecified atom stereocenters. The Morgan fingerprint density at radius 2 is 1.96 bits per heavy atom. The number of ether oxygens (including phenoxy) is 1. The van der Waals surface area contributed by atoms with Crippen molar-refractivity contribution in [2.75, 3.05) is 39.9 Å². The van der Waals surface area contributed by atoms with Gasteiger partial charge in [-0.05, 0) is 46.6 Å². The predicted octanol–water partition coefficient (Wildman–Crippen LogP) is 2.08. The van der Waals surface area contributed by atoms with Gasteiger partial charge in [0.2, 0.25) is 0 Å². The SMILES string of the molecule is CCCN1CCC(NC(=NCc2c(C)nn(CCOC)c2C)NCC)CC1. The van der Waals surface area contributed by atoms with E-state index in [0.717, 1.165) is 24.7 Å². The van der Waals surface area contributed by atoms with Gasteiger partial charge in [-0.15, -0.1) is 0 Å². The van der Waals surface area contributed by atoms with Crippen LogP contribution in [0.3, 0.4) is 0 Å². The summed E-state index contributed by atoms with van der Waals surface area (Å²) in [6.45, 7) is 15.1. The molecule has 1 aromatic heterocycles. The first-order valence-electron chi connectivity index (χ1n) is 10.4. The smallest absolute Gasteiger partial charge is 0.191 e. The molecule has 0 amide bonds. The number of hydrogen-bond donors (Lipinski definition) is 2. The second kappa shape index (κ2) is 11.3. The first kappa shape index (κ1) is 21.7. The van der Waals surface area contributed by atoms with E-state index in [1.807, 2.05) is 4.68 Å². The van der Waals surface area contributed by atoms with E-state index in [9.17, 15) is 0 Å². The summed E-state index contributed by atoms with van der Waals surface area (Å²) < 4.78 is 7.20. The molecule has 2 rings (SSSR count). The first-order valence-corrected chi connectivity index (χ1v) is 10.4. The molecule has 1 saturated heterocycles. The van der Waals surface area contributed by atoms with Crippen molar-refractivity contribution in [2.45, 2.75) is 66.1 Å². The van der Waals surface area contributed by atoms with Gasteiger partial charge >= 0.3 is 0 Å². The van der Waals surface area contributed by atoms with Crippen LogP contribution in [0.2, 0.25) is 0 Å². The summed E-state index contributed by atoms with van der Waals surface area (Å²) in [5.41, 5.74) is 3.44. The summed E-state index contributed by atoms with van der Waals surface area (Å²) in [7, 11) is 1.72. The van der Waals surface area contributed by atoms with Gasteiger partial charge in [-0.3, -0.25) is 4.68 Å². The van der Waals surface area contributed by atoms with Crippen molar-refractivity contribution in [3.8, 4) is 0 Å². The van der Waals surface area contributed by atoms with Crippen molar-refractivity contribution in [2.24, 2.45) is 4.99 Å². The van der Waals surface area contributed by atoms with Crippen molar-refractivity contribution in [3.63, 3.8) is 0 Å². The quantitative estimate of drug-likeness (QED) is 0.509. The van der Waals surface area contributed by atoms with Gasteiger partial charge in [0.25, 0.3) is 0 Å². The van der Waals surface area contributed by atoms with Crippen molar-refractivity contribution in [1.29, 1.82) is 0 Å². The topological polar surface area (TPSA) is 66.7 Å². The molecule has 0 atom stereocenters. The second-order valence-electron chi connectivity index (χ2n) is 7.32. The summed E-state index contributed by atoms with van der Waals surface area (Å²) in [6.07, 6.45) is 3.59. The van der Waals surface area contributed by atoms with Crippen molar-refractivity contribution in [1.82, 2.24) is 25.3 Å². The van der Waals surface area contributed by atoms with Gasteiger partial charge < -0.3 is 20.3 Å². The average Bonchev–Trinajstić information content (AvgIpc) is 2.93. The summed E-state index contributed by atoms with van der Waals surface area (Å²) in [5.74, 6) is 0.912. The maximum atomic E-state index is 5.18. The zero-order valence-corrected chi connectivity index (χ0v) is 17.8. The standard InChI is InChI=1S/C20H38N6O/c1-6-10-25-11-8-18(9-12-25)23-20(21-7-2)22-15-19-16(3)24-26(17(19)4)13-14-27-5/h18H,6-15H2,1-5H3,(H2,21,22,23). The minimum absolute atomic E-state index is 0.502. The molecule has 0 aromatic carbocycles. The minimum atomic E-state index is 0.502. The number of guanidine groups is 1. The molecule has 154 valence electrons. The molecule has 0 bridgehead atoms. The number of nitrogens with zero attached hydrogens (tertiary/aromatic N) is 4. The van der Waals surface area contributed by atoms with Crippen LogP contribution in [0.4, 0.5) is 0 Å². The highest BCUT2D eigenvalue weighted by molar-refractivity contribution is 5.80. The van der Waals surface area contributed by atoms with Gasteiger partial charge in [-0.25, -0.2) is 4.99 Å². The Hall–Kier alpha value is -1.60. The lowest BCUT2D eigenvalue weighted by Gasteiger charge is -2.32. The number of likely N-dealkylation sites (tertiary alicyclic amines) is 1. The lowest BCUT2D eigenvalue weighted by Crippen LogP contribution is -2.48. The van der Waals surface area contributed by atoms with E-state index in [2.05, 4.69) is 48.3 Å². The number of aliphatic imine (C=N–C) groups is 1. The number of aryl methyl sites for hydroxylation is 1. The van der Waals surface area contributed by atoms with Crippen LogP contribution < -0.4 is 10.6 Å². The molecule has 1 aliphatic heterocycles. The van der Waals surface area contributed by atoms with Crippen LogP contribution in [0.25, 0.3) is 0 Å². The van der Waals surface area contributed by atoms with Crippen LogP contribution in [-0.4, -0.2) is 66.6 Å².